The van der Waals surface area contributed by atoms with Crippen molar-refractivity contribution in [2.24, 2.45) is 0 Å². The van der Waals surface area contributed by atoms with E-state index in [-0.39, 0.29) is 6.04 Å². The molecular weight excluding hydrogens is 478 g/mol. The molecule has 9 nitrogen and oxygen atoms in total. The van der Waals surface area contributed by atoms with Gasteiger partial charge in [-0.05, 0) is 62.2 Å². The smallest absolute Gasteiger partial charge is 0.157 e. The monoisotopic (exact) mass is 513 g/mol. The third kappa shape index (κ3) is 4.63. The van der Waals surface area contributed by atoms with Crippen LogP contribution in [0.3, 0.4) is 0 Å². The van der Waals surface area contributed by atoms with E-state index in [0.29, 0.717) is 51.5 Å². The van der Waals surface area contributed by atoms with Gasteiger partial charge in [-0.2, -0.15) is 0 Å². The molecule has 2 N–H and O–H groups in total. The standard InChI is InChI=1S/C26H35N5O4S/c1-4-20-17-35-12-9-31(20)25-14-18(26(36(3,32)33)7-10-34-11-8-26)13-23(30-25)22-6-5-21-24(29-22)15-19(28-21)16-27-2/h5-6,13-15,20,27-28H,4,7-12,16-17H2,1-3H3/t20-/m1/s1. The number of anilines is 1. The number of fused-ring (bicyclic) bond motifs is 1. The van der Waals surface area contributed by atoms with E-state index >= 15 is 0 Å². The maximum Gasteiger partial charge on any atom is 0.157 e. The van der Waals surface area contributed by atoms with Gasteiger partial charge in [0.25, 0.3) is 0 Å². The molecule has 10 heteroatoms. The van der Waals surface area contributed by atoms with E-state index in [0.717, 1.165) is 46.8 Å². The minimum atomic E-state index is -3.43. The minimum absolute atomic E-state index is 0.183. The third-order valence-electron chi connectivity index (χ3n) is 7.50. The number of ether oxygens (including phenoxy) is 2. The van der Waals surface area contributed by atoms with E-state index in [1.54, 1.807) is 0 Å². The lowest BCUT2D eigenvalue weighted by molar-refractivity contribution is 0.0741. The van der Waals surface area contributed by atoms with Gasteiger partial charge in [0.15, 0.2) is 9.84 Å². The maximum absolute atomic E-state index is 13.3. The van der Waals surface area contributed by atoms with Gasteiger partial charge < -0.3 is 24.7 Å². The van der Waals surface area contributed by atoms with E-state index in [2.05, 4.69) is 22.1 Å². The van der Waals surface area contributed by atoms with Gasteiger partial charge in [0, 0.05) is 38.3 Å². The number of sulfone groups is 1. The van der Waals surface area contributed by atoms with Crippen LogP contribution in [0.15, 0.2) is 30.3 Å². The summed E-state index contributed by atoms with van der Waals surface area (Å²) in [6, 6.07) is 10.1. The van der Waals surface area contributed by atoms with Crippen LogP contribution in [-0.2, 0) is 30.6 Å². The second-order valence-electron chi connectivity index (χ2n) is 9.76. The number of aromatic nitrogens is 3. The van der Waals surface area contributed by atoms with Crippen LogP contribution in [0.2, 0.25) is 0 Å². The Morgan fingerprint density at radius 2 is 1.92 bits per heavy atom. The highest BCUT2D eigenvalue weighted by molar-refractivity contribution is 7.91. The summed E-state index contributed by atoms with van der Waals surface area (Å²) in [6.45, 7) is 5.64. The van der Waals surface area contributed by atoms with E-state index in [9.17, 15) is 8.42 Å². The Labute approximate surface area is 212 Å². The summed E-state index contributed by atoms with van der Waals surface area (Å²) in [5, 5.41) is 3.15. The zero-order chi connectivity index (χ0) is 25.3. The molecule has 194 valence electrons. The summed E-state index contributed by atoms with van der Waals surface area (Å²) in [5.74, 6) is 0.777. The summed E-state index contributed by atoms with van der Waals surface area (Å²) < 4.78 is 36.8. The van der Waals surface area contributed by atoms with Crippen molar-refractivity contribution < 1.29 is 17.9 Å². The van der Waals surface area contributed by atoms with Crippen LogP contribution in [0.25, 0.3) is 22.4 Å². The summed E-state index contributed by atoms with van der Waals surface area (Å²) in [5.41, 5.74) is 5.03. The molecule has 3 aromatic heterocycles. The molecule has 2 fully saturated rings. The van der Waals surface area contributed by atoms with Crippen molar-refractivity contribution in [1.82, 2.24) is 20.3 Å². The lowest BCUT2D eigenvalue weighted by Gasteiger charge is -2.39. The Balaban J connectivity index is 1.67. The average molecular weight is 514 g/mol. The molecule has 0 saturated carbocycles. The predicted molar refractivity (Wildman–Crippen MR) is 141 cm³/mol. The molecule has 1 atom stereocenters. The van der Waals surface area contributed by atoms with Crippen LogP contribution >= 0.6 is 0 Å². The first kappa shape index (κ1) is 25.1. The fraction of sp³-hybridized carbons (Fsp3) is 0.538. The summed E-state index contributed by atoms with van der Waals surface area (Å²) >= 11 is 0. The highest BCUT2D eigenvalue weighted by Gasteiger charge is 2.44. The van der Waals surface area contributed by atoms with E-state index < -0.39 is 14.6 Å². The molecule has 0 bridgehead atoms. The highest BCUT2D eigenvalue weighted by Crippen LogP contribution is 2.42. The lowest BCUT2D eigenvalue weighted by atomic mass is 9.90. The Bertz CT molecular complexity index is 1330. The molecule has 0 aliphatic carbocycles. The van der Waals surface area contributed by atoms with E-state index in [1.807, 2.05) is 37.4 Å². The molecule has 0 radical (unpaired) electrons. The molecular formula is C26H35N5O4S. The molecule has 0 amide bonds. The first-order chi connectivity index (χ1) is 17.3. The fourth-order valence-corrected chi connectivity index (χ4v) is 6.87. The number of rotatable bonds is 7. The fourth-order valence-electron chi connectivity index (χ4n) is 5.42. The molecule has 0 unspecified atom stereocenters. The molecule has 2 aliphatic heterocycles. The molecule has 2 saturated heterocycles. The number of hydrogen-bond acceptors (Lipinski definition) is 8. The van der Waals surface area contributed by atoms with Crippen molar-refractivity contribution in [1.29, 1.82) is 0 Å². The van der Waals surface area contributed by atoms with Crippen LogP contribution in [0.5, 0.6) is 0 Å². The van der Waals surface area contributed by atoms with Gasteiger partial charge in [-0.15, -0.1) is 0 Å². The quantitative estimate of drug-likeness (QED) is 0.496. The lowest BCUT2D eigenvalue weighted by Crippen LogP contribution is -2.46. The second-order valence-corrected chi connectivity index (χ2v) is 12.1. The number of morpholine rings is 1. The molecule has 2 aliphatic rings. The molecule has 5 heterocycles. The van der Waals surface area contributed by atoms with Crippen molar-refractivity contribution >= 4 is 26.7 Å². The van der Waals surface area contributed by atoms with Gasteiger partial charge in [0.1, 0.15) is 10.6 Å². The average Bonchev–Trinajstić information content (AvgIpc) is 3.30. The number of nitrogens with one attached hydrogen (secondary N) is 2. The highest BCUT2D eigenvalue weighted by atomic mass is 32.2. The Morgan fingerprint density at radius 3 is 2.64 bits per heavy atom. The van der Waals surface area contributed by atoms with Gasteiger partial charge >= 0.3 is 0 Å². The van der Waals surface area contributed by atoms with Crippen LogP contribution in [0, 0.1) is 0 Å². The van der Waals surface area contributed by atoms with Crippen LogP contribution in [0.1, 0.15) is 37.4 Å². The van der Waals surface area contributed by atoms with Gasteiger partial charge in [-0.1, -0.05) is 6.92 Å². The zero-order valence-electron chi connectivity index (χ0n) is 21.2. The van der Waals surface area contributed by atoms with Crippen molar-refractivity contribution in [2.45, 2.75) is 43.5 Å². The summed E-state index contributed by atoms with van der Waals surface area (Å²) in [6.07, 6.45) is 3.10. The van der Waals surface area contributed by atoms with Crippen molar-refractivity contribution in [3.8, 4) is 11.4 Å². The van der Waals surface area contributed by atoms with Crippen molar-refractivity contribution in [3.05, 3.63) is 41.6 Å². The van der Waals surface area contributed by atoms with Crippen LogP contribution in [-0.4, -0.2) is 75.7 Å². The van der Waals surface area contributed by atoms with E-state index in [4.69, 9.17) is 19.4 Å². The van der Waals surface area contributed by atoms with E-state index in [1.165, 1.54) is 6.26 Å². The Hall–Kier alpha value is -2.53. The SMILES string of the molecule is CC[C@@H]1COCCN1c1cc(C2(S(C)(=O)=O)CCOCC2)cc(-c2ccc3[nH]c(CNC)cc3n2)n1. The number of aromatic amines is 1. The van der Waals surface area contributed by atoms with Crippen LogP contribution < -0.4 is 10.2 Å². The van der Waals surface area contributed by atoms with Crippen molar-refractivity contribution in [3.63, 3.8) is 0 Å². The number of hydrogen-bond donors (Lipinski definition) is 2. The Morgan fingerprint density at radius 1 is 1.11 bits per heavy atom. The zero-order valence-corrected chi connectivity index (χ0v) is 22.0. The van der Waals surface area contributed by atoms with Gasteiger partial charge in [0.2, 0.25) is 0 Å². The first-order valence-electron chi connectivity index (χ1n) is 12.6. The molecule has 3 aromatic rings. The minimum Gasteiger partial charge on any atom is -0.381 e. The first-order valence-corrected chi connectivity index (χ1v) is 14.5. The topological polar surface area (TPSA) is 109 Å². The normalized spacial score (nSPS) is 20.6. The summed E-state index contributed by atoms with van der Waals surface area (Å²) in [7, 11) is -1.52. The van der Waals surface area contributed by atoms with Gasteiger partial charge in [-0.25, -0.2) is 18.4 Å². The molecule has 36 heavy (non-hydrogen) atoms. The van der Waals surface area contributed by atoms with Gasteiger partial charge in [-0.3, -0.25) is 0 Å². The number of pyridine rings is 2. The summed E-state index contributed by atoms with van der Waals surface area (Å²) in [4.78, 5) is 15.6. The predicted octanol–water partition coefficient (Wildman–Crippen LogP) is 3.01. The number of nitrogens with zero attached hydrogens (tertiary/aromatic N) is 3. The van der Waals surface area contributed by atoms with Gasteiger partial charge in [0.05, 0.1) is 41.7 Å². The second kappa shape index (κ2) is 10.1. The Kier molecular flexibility index (Phi) is 7.04. The van der Waals surface area contributed by atoms with Crippen molar-refractivity contribution in [2.75, 3.05) is 51.2 Å². The number of H-pyrrole nitrogens is 1. The molecule has 0 aromatic carbocycles. The molecule has 0 spiro atoms. The largest absolute Gasteiger partial charge is 0.381 e. The molecule has 5 rings (SSSR count). The third-order valence-corrected chi connectivity index (χ3v) is 9.57. The maximum atomic E-state index is 13.3. The van der Waals surface area contributed by atoms with Crippen LogP contribution in [0.4, 0.5) is 5.82 Å².